The Hall–Kier alpha value is -1.63. The Morgan fingerprint density at radius 2 is 2.28 bits per heavy atom. The van der Waals surface area contributed by atoms with Gasteiger partial charge in [-0.15, -0.1) is 11.3 Å². The molecule has 0 bridgehead atoms. The van der Waals surface area contributed by atoms with Gasteiger partial charge in [-0.3, -0.25) is 10.1 Å². The fourth-order valence-corrected chi connectivity index (χ4v) is 1.96. The van der Waals surface area contributed by atoms with Crippen LogP contribution in [-0.4, -0.2) is 40.6 Å². The van der Waals surface area contributed by atoms with Gasteiger partial charge in [0.15, 0.2) is 5.13 Å². The Kier molecular flexibility index (Phi) is 5.57. The van der Waals surface area contributed by atoms with Crippen LogP contribution in [0.1, 0.15) is 25.5 Å². The number of carbonyl (C=O) groups excluding carboxylic acids is 1. The normalized spacial score (nSPS) is 10.1. The lowest BCUT2D eigenvalue weighted by Gasteiger charge is -2.13. The summed E-state index contributed by atoms with van der Waals surface area (Å²) in [6.07, 6.45) is 1.31. The van der Waals surface area contributed by atoms with E-state index < -0.39 is 5.97 Å². The highest BCUT2D eigenvalue weighted by Gasteiger charge is 2.09. The average Bonchev–Trinajstić information content (AvgIpc) is 2.75. The maximum atomic E-state index is 11.6. The van der Waals surface area contributed by atoms with Gasteiger partial charge in [0, 0.05) is 25.4 Å². The van der Waals surface area contributed by atoms with Crippen molar-refractivity contribution in [3.8, 4) is 0 Å². The monoisotopic (exact) mass is 271 g/mol. The minimum atomic E-state index is -0.802. The molecule has 0 aliphatic rings. The Bertz CT molecular complexity index is 419. The average molecular weight is 271 g/mol. The van der Waals surface area contributed by atoms with E-state index in [4.69, 9.17) is 5.11 Å². The van der Waals surface area contributed by atoms with Crippen molar-refractivity contribution < 1.29 is 14.7 Å². The first kappa shape index (κ1) is 14.4. The molecule has 1 aromatic rings. The van der Waals surface area contributed by atoms with Crippen LogP contribution in [0.4, 0.5) is 9.93 Å². The van der Waals surface area contributed by atoms with Crippen molar-refractivity contribution in [3.05, 3.63) is 11.1 Å². The van der Waals surface area contributed by atoms with E-state index in [0.717, 1.165) is 5.69 Å². The standard InChI is InChI=1S/C11H17N3O3S/c1-3-14(2)11(17)13-10-12-8(7-18-10)5-4-6-9(15)16/h7H,3-6H2,1-2H3,(H,15,16)(H,12,13,17). The molecule has 7 heteroatoms. The summed E-state index contributed by atoms with van der Waals surface area (Å²) in [5.74, 6) is -0.802. The first-order chi connectivity index (χ1) is 8.52. The Balaban J connectivity index is 2.43. The zero-order valence-corrected chi connectivity index (χ0v) is 11.3. The molecule has 0 aliphatic heterocycles. The second-order valence-electron chi connectivity index (χ2n) is 3.84. The van der Waals surface area contributed by atoms with E-state index in [1.165, 1.54) is 11.3 Å². The summed E-state index contributed by atoms with van der Waals surface area (Å²) >= 11 is 1.35. The molecular formula is C11H17N3O3S. The molecule has 0 spiro atoms. The Labute approximate surface area is 110 Å². The summed E-state index contributed by atoms with van der Waals surface area (Å²) in [5.41, 5.74) is 0.815. The van der Waals surface area contributed by atoms with Crippen LogP contribution in [0.25, 0.3) is 0 Å². The molecule has 2 N–H and O–H groups in total. The van der Waals surface area contributed by atoms with Gasteiger partial charge >= 0.3 is 12.0 Å². The third kappa shape index (κ3) is 4.70. The summed E-state index contributed by atoms with van der Waals surface area (Å²) in [6, 6.07) is -0.191. The fraction of sp³-hybridized carbons (Fsp3) is 0.545. The van der Waals surface area contributed by atoms with Gasteiger partial charge in [0.1, 0.15) is 0 Å². The number of aromatic nitrogens is 1. The first-order valence-corrected chi connectivity index (χ1v) is 6.59. The summed E-state index contributed by atoms with van der Waals surface area (Å²) in [7, 11) is 1.71. The minimum absolute atomic E-state index is 0.137. The lowest BCUT2D eigenvalue weighted by Crippen LogP contribution is -2.30. The van der Waals surface area contributed by atoms with Crippen molar-refractivity contribution >= 4 is 28.5 Å². The van der Waals surface area contributed by atoms with Crippen LogP contribution in [0.15, 0.2) is 5.38 Å². The number of carboxylic acid groups (broad SMARTS) is 1. The number of carbonyl (C=O) groups is 2. The van der Waals surface area contributed by atoms with E-state index >= 15 is 0 Å². The molecule has 0 radical (unpaired) electrons. The van der Waals surface area contributed by atoms with Crippen LogP contribution >= 0.6 is 11.3 Å². The van der Waals surface area contributed by atoms with E-state index in [1.54, 1.807) is 11.9 Å². The minimum Gasteiger partial charge on any atom is -0.481 e. The molecule has 18 heavy (non-hydrogen) atoms. The SMILES string of the molecule is CCN(C)C(=O)Nc1nc(CCCC(=O)O)cs1. The lowest BCUT2D eigenvalue weighted by molar-refractivity contribution is -0.137. The van der Waals surface area contributed by atoms with Gasteiger partial charge < -0.3 is 10.0 Å². The number of aliphatic carboxylic acids is 1. The van der Waals surface area contributed by atoms with Crippen molar-refractivity contribution in [1.29, 1.82) is 0 Å². The fourth-order valence-electron chi connectivity index (χ4n) is 1.23. The molecule has 0 aromatic carbocycles. The topological polar surface area (TPSA) is 82.5 Å². The summed E-state index contributed by atoms with van der Waals surface area (Å²) in [5, 5.41) is 13.6. The highest BCUT2D eigenvalue weighted by atomic mass is 32.1. The van der Waals surface area contributed by atoms with Crippen molar-refractivity contribution in [3.63, 3.8) is 0 Å². The summed E-state index contributed by atoms with van der Waals surface area (Å²) in [4.78, 5) is 27.7. The van der Waals surface area contributed by atoms with Crippen molar-refractivity contribution in [2.75, 3.05) is 18.9 Å². The molecule has 1 heterocycles. The molecule has 2 amide bonds. The summed E-state index contributed by atoms with van der Waals surface area (Å²) in [6.45, 7) is 2.52. The van der Waals surface area contributed by atoms with Gasteiger partial charge in [0.25, 0.3) is 0 Å². The van der Waals surface area contributed by atoms with Crippen LogP contribution in [-0.2, 0) is 11.2 Å². The summed E-state index contributed by atoms with van der Waals surface area (Å²) < 4.78 is 0. The number of rotatable bonds is 6. The van der Waals surface area contributed by atoms with Gasteiger partial charge in [-0.05, 0) is 19.8 Å². The third-order valence-corrected chi connectivity index (χ3v) is 3.22. The highest BCUT2D eigenvalue weighted by Crippen LogP contribution is 2.17. The number of hydrogen-bond donors (Lipinski definition) is 2. The van der Waals surface area contributed by atoms with Gasteiger partial charge in [-0.1, -0.05) is 0 Å². The molecule has 0 saturated carbocycles. The second-order valence-corrected chi connectivity index (χ2v) is 4.69. The van der Waals surface area contributed by atoms with E-state index in [1.807, 2.05) is 12.3 Å². The molecule has 0 atom stereocenters. The zero-order valence-electron chi connectivity index (χ0n) is 10.5. The van der Waals surface area contributed by atoms with Crippen LogP contribution in [0, 0.1) is 0 Å². The molecule has 0 unspecified atom stereocenters. The molecule has 100 valence electrons. The number of hydrogen-bond acceptors (Lipinski definition) is 4. The smallest absolute Gasteiger partial charge is 0.323 e. The van der Waals surface area contributed by atoms with E-state index in [2.05, 4.69) is 10.3 Å². The molecule has 0 aliphatic carbocycles. The number of aryl methyl sites for hydroxylation is 1. The van der Waals surface area contributed by atoms with E-state index in [9.17, 15) is 9.59 Å². The zero-order chi connectivity index (χ0) is 13.5. The van der Waals surface area contributed by atoms with Gasteiger partial charge in [0.05, 0.1) is 5.69 Å². The Morgan fingerprint density at radius 1 is 1.56 bits per heavy atom. The maximum absolute atomic E-state index is 11.6. The molecule has 0 saturated heterocycles. The van der Waals surface area contributed by atoms with Crippen molar-refractivity contribution in [2.45, 2.75) is 26.2 Å². The third-order valence-electron chi connectivity index (χ3n) is 2.41. The van der Waals surface area contributed by atoms with Gasteiger partial charge in [-0.25, -0.2) is 9.78 Å². The molecule has 0 fully saturated rings. The number of thiazole rings is 1. The number of nitrogens with zero attached hydrogens (tertiary/aromatic N) is 2. The van der Waals surface area contributed by atoms with Crippen LogP contribution in [0.2, 0.25) is 0 Å². The van der Waals surface area contributed by atoms with Crippen molar-refractivity contribution in [1.82, 2.24) is 9.88 Å². The molecule has 1 rings (SSSR count). The van der Waals surface area contributed by atoms with E-state index in [-0.39, 0.29) is 12.5 Å². The molecular weight excluding hydrogens is 254 g/mol. The van der Waals surface area contributed by atoms with Crippen LogP contribution < -0.4 is 5.32 Å². The number of carboxylic acids is 1. The number of urea groups is 1. The number of nitrogens with one attached hydrogen (secondary N) is 1. The predicted molar refractivity (Wildman–Crippen MR) is 70.0 cm³/mol. The second kappa shape index (κ2) is 6.95. The first-order valence-electron chi connectivity index (χ1n) is 5.71. The molecule has 6 nitrogen and oxygen atoms in total. The van der Waals surface area contributed by atoms with Crippen LogP contribution in [0.3, 0.4) is 0 Å². The quantitative estimate of drug-likeness (QED) is 0.829. The highest BCUT2D eigenvalue weighted by molar-refractivity contribution is 7.13. The number of amides is 2. The molecule has 1 aromatic heterocycles. The maximum Gasteiger partial charge on any atom is 0.323 e. The predicted octanol–water partition coefficient (Wildman–Crippen LogP) is 2.03. The van der Waals surface area contributed by atoms with Crippen LogP contribution in [0.5, 0.6) is 0 Å². The van der Waals surface area contributed by atoms with Gasteiger partial charge in [-0.2, -0.15) is 0 Å². The van der Waals surface area contributed by atoms with Gasteiger partial charge in [0.2, 0.25) is 0 Å². The largest absolute Gasteiger partial charge is 0.481 e. The van der Waals surface area contributed by atoms with E-state index in [0.29, 0.717) is 24.5 Å². The lowest BCUT2D eigenvalue weighted by atomic mass is 10.2. The Morgan fingerprint density at radius 3 is 2.89 bits per heavy atom. The van der Waals surface area contributed by atoms with Crippen molar-refractivity contribution in [2.24, 2.45) is 0 Å². The number of anilines is 1.